The van der Waals surface area contributed by atoms with Gasteiger partial charge in [-0.3, -0.25) is 0 Å². The van der Waals surface area contributed by atoms with E-state index in [0.717, 1.165) is 6.08 Å². The van der Waals surface area contributed by atoms with E-state index in [2.05, 4.69) is 11.7 Å². The van der Waals surface area contributed by atoms with Crippen LogP contribution < -0.4 is 0 Å². The Hall–Kier alpha value is -0.990. The third-order valence-corrected chi connectivity index (χ3v) is 0.649. The average molecular weight is 131 g/mol. The third-order valence-electron chi connectivity index (χ3n) is 0.649. The highest BCUT2D eigenvalue weighted by atomic mass is 19.2. The average Bonchev–Trinajstić information content (AvgIpc) is 1.87. The standard InChI is InChI=1S/C6H7F2N/c1-3-4-5(7)6(8)9-2/h3-4H,2H2,1H3/b4-3-,6-5+. The van der Waals surface area contributed by atoms with Gasteiger partial charge in [0.2, 0.25) is 5.95 Å². The zero-order valence-electron chi connectivity index (χ0n) is 5.06. The van der Waals surface area contributed by atoms with Crippen LogP contribution in [0.5, 0.6) is 0 Å². The molecule has 0 rings (SSSR count). The number of nitrogens with zero attached hydrogens (tertiary/aromatic N) is 1. The van der Waals surface area contributed by atoms with Crippen molar-refractivity contribution in [2.24, 2.45) is 4.99 Å². The number of aliphatic imine (C=N–C) groups is 1. The summed E-state index contributed by atoms with van der Waals surface area (Å²) in [6, 6.07) is 0. The molecule has 0 radical (unpaired) electrons. The van der Waals surface area contributed by atoms with Crippen molar-refractivity contribution in [2.75, 3.05) is 0 Å². The quantitative estimate of drug-likeness (QED) is 0.310. The summed E-state index contributed by atoms with van der Waals surface area (Å²) in [6.45, 7) is 4.39. The van der Waals surface area contributed by atoms with E-state index in [9.17, 15) is 8.78 Å². The van der Waals surface area contributed by atoms with Gasteiger partial charge in [0.05, 0.1) is 0 Å². The van der Waals surface area contributed by atoms with Crippen LogP contribution in [-0.2, 0) is 0 Å². The van der Waals surface area contributed by atoms with Crippen molar-refractivity contribution in [1.82, 2.24) is 0 Å². The molecule has 0 spiro atoms. The van der Waals surface area contributed by atoms with Crippen molar-refractivity contribution < 1.29 is 8.78 Å². The number of hydrogen-bond donors (Lipinski definition) is 0. The monoisotopic (exact) mass is 131 g/mol. The van der Waals surface area contributed by atoms with Crippen molar-refractivity contribution >= 4 is 6.72 Å². The van der Waals surface area contributed by atoms with Crippen LogP contribution in [0.4, 0.5) is 8.78 Å². The first kappa shape index (κ1) is 8.01. The molecular formula is C6H7F2N. The Kier molecular flexibility index (Phi) is 3.51. The maximum absolute atomic E-state index is 12.1. The Balaban J connectivity index is 4.27. The molecule has 3 heteroatoms. The van der Waals surface area contributed by atoms with Crippen LogP contribution in [0.3, 0.4) is 0 Å². The van der Waals surface area contributed by atoms with Crippen LogP contribution in [0.25, 0.3) is 0 Å². The summed E-state index contributed by atoms with van der Waals surface area (Å²) in [5.74, 6) is -2.17. The largest absolute Gasteiger partial charge is 0.248 e. The molecule has 0 heterocycles. The molecule has 9 heavy (non-hydrogen) atoms. The number of allylic oxidation sites excluding steroid dienone is 3. The van der Waals surface area contributed by atoms with E-state index in [-0.39, 0.29) is 0 Å². The van der Waals surface area contributed by atoms with Gasteiger partial charge in [-0.05, 0) is 19.7 Å². The first-order valence-electron chi connectivity index (χ1n) is 2.37. The zero-order chi connectivity index (χ0) is 7.28. The van der Waals surface area contributed by atoms with E-state index in [1.165, 1.54) is 6.08 Å². The minimum Gasteiger partial charge on any atom is -0.234 e. The lowest BCUT2D eigenvalue weighted by molar-refractivity contribution is 0.548. The Morgan fingerprint density at radius 2 is 2.11 bits per heavy atom. The van der Waals surface area contributed by atoms with Gasteiger partial charge in [-0.15, -0.1) is 0 Å². The van der Waals surface area contributed by atoms with E-state index in [4.69, 9.17) is 0 Å². The van der Waals surface area contributed by atoms with E-state index < -0.39 is 11.8 Å². The molecule has 0 fully saturated rings. The lowest BCUT2D eigenvalue weighted by Crippen LogP contribution is -1.69. The predicted molar refractivity (Wildman–Crippen MR) is 33.6 cm³/mol. The molecule has 0 aromatic heterocycles. The SMILES string of the molecule is C=N/C(F)=C(F)\C=C/C. The molecule has 0 aromatic rings. The topological polar surface area (TPSA) is 12.4 Å². The molecule has 50 valence electrons. The molecule has 0 saturated carbocycles. The molecule has 0 unspecified atom stereocenters. The molecular weight excluding hydrogens is 124 g/mol. The van der Waals surface area contributed by atoms with Crippen LogP contribution in [0.15, 0.2) is 28.9 Å². The summed E-state index contributed by atoms with van der Waals surface area (Å²) in [5, 5.41) is 0. The first-order valence-corrected chi connectivity index (χ1v) is 2.37. The fraction of sp³-hybridized carbons (Fsp3) is 0.167. The van der Waals surface area contributed by atoms with E-state index in [1.807, 2.05) is 0 Å². The van der Waals surface area contributed by atoms with Crippen molar-refractivity contribution in [1.29, 1.82) is 0 Å². The molecule has 0 saturated heterocycles. The van der Waals surface area contributed by atoms with Gasteiger partial charge in [0.25, 0.3) is 0 Å². The Morgan fingerprint density at radius 3 is 2.44 bits per heavy atom. The highest BCUT2D eigenvalue weighted by molar-refractivity contribution is 5.29. The molecule has 0 aliphatic carbocycles. The second-order valence-corrected chi connectivity index (χ2v) is 1.30. The second kappa shape index (κ2) is 3.95. The van der Waals surface area contributed by atoms with Crippen LogP contribution in [0.2, 0.25) is 0 Å². The fourth-order valence-electron chi connectivity index (χ4n) is 0.291. The number of halogens is 2. The summed E-state index contributed by atoms with van der Waals surface area (Å²) >= 11 is 0. The number of hydrogen-bond acceptors (Lipinski definition) is 1. The van der Waals surface area contributed by atoms with Crippen molar-refractivity contribution in [3.63, 3.8) is 0 Å². The Morgan fingerprint density at radius 1 is 1.56 bits per heavy atom. The highest BCUT2D eigenvalue weighted by Crippen LogP contribution is 2.08. The van der Waals surface area contributed by atoms with Crippen LogP contribution in [0.1, 0.15) is 6.92 Å². The van der Waals surface area contributed by atoms with Gasteiger partial charge in [0.15, 0.2) is 5.83 Å². The van der Waals surface area contributed by atoms with E-state index in [1.54, 1.807) is 6.92 Å². The molecule has 1 nitrogen and oxygen atoms in total. The van der Waals surface area contributed by atoms with Gasteiger partial charge in [-0.25, -0.2) is 9.38 Å². The third kappa shape index (κ3) is 2.74. The van der Waals surface area contributed by atoms with Gasteiger partial charge in [0, 0.05) is 0 Å². The molecule has 0 aliphatic rings. The predicted octanol–water partition coefficient (Wildman–Crippen LogP) is 2.37. The second-order valence-electron chi connectivity index (χ2n) is 1.30. The zero-order valence-corrected chi connectivity index (χ0v) is 5.06. The minimum absolute atomic E-state index is 0.976. The molecule has 0 amide bonds. The Labute approximate surface area is 52.4 Å². The first-order chi connectivity index (χ1) is 4.22. The molecule has 0 N–H and O–H groups in total. The molecule has 0 atom stereocenters. The highest BCUT2D eigenvalue weighted by Gasteiger charge is 1.95. The maximum Gasteiger partial charge on any atom is 0.248 e. The summed E-state index contributed by atoms with van der Waals surface area (Å²) < 4.78 is 24.0. The van der Waals surface area contributed by atoms with Crippen molar-refractivity contribution in [3.05, 3.63) is 23.9 Å². The normalized spacial score (nSPS) is 13.7. The molecule has 0 aromatic carbocycles. The minimum atomic E-state index is -1.17. The van der Waals surface area contributed by atoms with Gasteiger partial charge in [0.1, 0.15) is 0 Å². The van der Waals surface area contributed by atoms with Gasteiger partial charge >= 0.3 is 0 Å². The van der Waals surface area contributed by atoms with Crippen LogP contribution in [0, 0.1) is 0 Å². The van der Waals surface area contributed by atoms with E-state index >= 15 is 0 Å². The Bertz CT molecular complexity index is 158. The van der Waals surface area contributed by atoms with Crippen molar-refractivity contribution in [3.8, 4) is 0 Å². The lowest BCUT2D eigenvalue weighted by atomic mass is 10.5. The molecule has 0 bridgehead atoms. The van der Waals surface area contributed by atoms with Gasteiger partial charge in [-0.2, -0.15) is 4.39 Å². The smallest absolute Gasteiger partial charge is 0.234 e. The van der Waals surface area contributed by atoms with Crippen molar-refractivity contribution in [2.45, 2.75) is 6.92 Å². The number of rotatable bonds is 2. The maximum atomic E-state index is 12.1. The summed E-state index contributed by atoms with van der Waals surface area (Å²) in [4.78, 5) is 2.74. The lowest BCUT2D eigenvalue weighted by Gasteiger charge is -1.84. The fourth-order valence-corrected chi connectivity index (χ4v) is 0.291. The van der Waals surface area contributed by atoms with Crippen LogP contribution >= 0.6 is 0 Å². The van der Waals surface area contributed by atoms with Crippen LogP contribution in [-0.4, -0.2) is 6.72 Å². The summed E-state index contributed by atoms with van der Waals surface area (Å²) in [6.07, 6.45) is 2.35. The molecule has 0 aliphatic heterocycles. The van der Waals surface area contributed by atoms with Gasteiger partial charge in [-0.1, -0.05) is 6.08 Å². The van der Waals surface area contributed by atoms with Gasteiger partial charge < -0.3 is 0 Å². The summed E-state index contributed by atoms with van der Waals surface area (Å²) in [7, 11) is 0. The summed E-state index contributed by atoms with van der Waals surface area (Å²) in [5.41, 5.74) is 0. The van der Waals surface area contributed by atoms with E-state index in [0.29, 0.717) is 0 Å².